The number of aromatic hydroxyl groups is 1. The van der Waals surface area contributed by atoms with E-state index >= 15 is 0 Å². The summed E-state index contributed by atoms with van der Waals surface area (Å²) in [6, 6.07) is 15.8. The number of benzene rings is 4. The van der Waals surface area contributed by atoms with Gasteiger partial charge in [0.2, 0.25) is 5.91 Å². The molecule has 0 heterocycles. The van der Waals surface area contributed by atoms with E-state index in [-0.39, 0.29) is 97.8 Å². The van der Waals surface area contributed by atoms with E-state index < -0.39 is 32.0 Å². The number of nitrogens with one attached hydrogen (secondary N) is 2. The van der Waals surface area contributed by atoms with Crippen molar-refractivity contribution in [3.63, 3.8) is 0 Å². The van der Waals surface area contributed by atoms with Gasteiger partial charge in [-0.2, -0.15) is 13.7 Å². The maximum absolute atomic E-state index is 12.8. The zero-order chi connectivity index (χ0) is 30.4. The fourth-order valence-electron chi connectivity index (χ4n) is 3.61. The molecule has 0 aliphatic carbocycles. The maximum atomic E-state index is 12.8. The normalized spacial score (nSPS) is 11.8. The Morgan fingerprint density at radius 2 is 1.68 bits per heavy atom. The van der Waals surface area contributed by atoms with E-state index in [0.29, 0.717) is 23.4 Å². The Labute approximate surface area is 302 Å². The van der Waals surface area contributed by atoms with E-state index in [2.05, 4.69) is 29.6 Å². The summed E-state index contributed by atoms with van der Waals surface area (Å²) in [7, 11) is -5.02. The van der Waals surface area contributed by atoms with Gasteiger partial charge in [-0.05, 0) is 66.9 Å². The van der Waals surface area contributed by atoms with Crippen LogP contribution in [-0.4, -0.2) is 28.2 Å². The third kappa shape index (κ3) is 10.2. The van der Waals surface area contributed by atoms with E-state index in [1.165, 1.54) is 25.1 Å². The second kappa shape index (κ2) is 17.0. The minimum Gasteiger partial charge on any atom is -0.744 e. The SMILES string of the molecule is CC(=O)Nc1ccc(N=Nc2c(SOO[O-])cc3cc(S(=O)(=O)[O-])cc(NS(=O)Oc4ccc(C)cc4)c3c2O)cc1.[Na+].[Na+]. The van der Waals surface area contributed by atoms with Crippen molar-refractivity contribution >= 4 is 72.9 Å². The largest absolute Gasteiger partial charge is 1.00 e. The van der Waals surface area contributed by atoms with Gasteiger partial charge in [-0.25, -0.2) is 8.42 Å². The van der Waals surface area contributed by atoms with Crippen LogP contribution in [-0.2, 0) is 35.6 Å². The smallest absolute Gasteiger partial charge is 0.744 e. The van der Waals surface area contributed by atoms with Crippen molar-refractivity contribution < 1.29 is 105 Å². The fourth-order valence-corrected chi connectivity index (χ4v) is 5.30. The molecule has 0 radical (unpaired) electrons. The summed E-state index contributed by atoms with van der Waals surface area (Å²) >= 11 is -1.99. The Hall–Kier alpha value is -2.10. The first-order valence-corrected chi connectivity index (χ1v) is 14.8. The summed E-state index contributed by atoms with van der Waals surface area (Å²) in [6.45, 7) is 3.20. The average Bonchev–Trinajstić information content (AvgIpc) is 2.92. The number of rotatable bonds is 11. The number of hydrogen-bond acceptors (Lipinski definition) is 13. The molecule has 4 aromatic carbocycles. The molecule has 14 nitrogen and oxygen atoms in total. The predicted molar refractivity (Wildman–Crippen MR) is 150 cm³/mol. The van der Waals surface area contributed by atoms with Gasteiger partial charge in [-0.1, -0.05) is 17.7 Å². The molecule has 1 unspecified atom stereocenters. The number of hydrogen-bond donors (Lipinski definition) is 3. The van der Waals surface area contributed by atoms with Crippen LogP contribution in [0.1, 0.15) is 12.5 Å². The molecule has 0 aliphatic heterocycles. The van der Waals surface area contributed by atoms with Gasteiger partial charge in [-0.15, -0.1) is 5.11 Å². The molecule has 4 aromatic rings. The predicted octanol–water partition coefficient (Wildman–Crippen LogP) is -1.56. The van der Waals surface area contributed by atoms with Crippen LogP contribution in [0.25, 0.3) is 10.8 Å². The molecule has 1 atom stereocenters. The van der Waals surface area contributed by atoms with Gasteiger partial charge < -0.3 is 24.4 Å². The Morgan fingerprint density at radius 3 is 2.27 bits per heavy atom. The summed E-state index contributed by atoms with van der Waals surface area (Å²) in [4.78, 5) is 10.5. The van der Waals surface area contributed by atoms with E-state index in [4.69, 9.17) is 4.18 Å². The first-order chi connectivity index (χ1) is 19.9. The van der Waals surface area contributed by atoms with Gasteiger partial charge in [0.05, 0.1) is 38.6 Å². The molecule has 0 fully saturated rings. The molecule has 4 rings (SSSR count). The molecule has 0 saturated carbocycles. The molecule has 1 amide bonds. The minimum atomic E-state index is -5.02. The van der Waals surface area contributed by atoms with Gasteiger partial charge in [0.1, 0.15) is 21.6 Å². The van der Waals surface area contributed by atoms with Gasteiger partial charge in [0, 0.05) is 12.6 Å². The number of phenols is 1. The quantitative estimate of drug-likeness (QED) is 0.0412. The molecule has 44 heavy (non-hydrogen) atoms. The number of carbonyl (C=O) groups is 1. The number of anilines is 2. The molecule has 3 N–H and O–H groups in total. The molecule has 220 valence electrons. The van der Waals surface area contributed by atoms with Crippen molar-refractivity contribution in [2.45, 2.75) is 23.6 Å². The number of amides is 1. The minimum absolute atomic E-state index is 0. The van der Waals surface area contributed by atoms with Crippen LogP contribution in [0, 0.1) is 6.92 Å². The number of nitrogens with zero attached hydrogens (tertiary/aromatic N) is 2. The molecule has 0 aliphatic rings. The molecule has 0 aromatic heterocycles. The molecule has 0 saturated heterocycles. The maximum Gasteiger partial charge on any atom is 1.00 e. The van der Waals surface area contributed by atoms with E-state index in [1.807, 2.05) is 6.92 Å². The molecular weight excluding hydrogens is 658 g/mol. The van der Waals surface area contributed by atoms with Crippen LogP contribution in [0.5, 0.6) is 11.5 Å². The molecule has 19 heteroatoms. The number of phenolic OH excluding ortho intramolecular Hbond substituents is 1. The number of fused-ring (bicyclic) bond motifs is 1. The van der Waals surface area contributed by atoms with Gasteiger partial charge in [-0.3, -0.25) is 14.6 Å². The first-order valence-electron chi connectivity index (χ1n) is 11.6. The second-order valence-corrected chi connectivity index (χ2v) is 11.4. The number of carbonyl (C=O) groups excluding carboxylic acids is 1. The van der Waals surface area contributed by atoms with Crippen molar-refractivity contribution in [3.05, 3.63) is 72.3 Å². The Morgan fingerprint density at radius 1 is 1.02 bits per heavy atom. The van der Waals surface area contributed by atoms with E-state index in [1.54, 1.807) is 36.4 Å². The van der Waals surface area contributed by atoms with Gasteiger partial charge in [0.15, 0.2) is 5.75 Å². The van der Waals surface area contributed by atoms with Crippen LogP contribution in [0.2, 0.25) is 0 Å². The van der Waals surface area contributed by atoms with Crippen molar-refractivity contribution in [1.82, 2.24) is 0 Å². The summed E-state index contributed by atoms with van der Waals surface area (Å²) in [6.07, 6.45) is 0. The third-order valence-corrected chi connectivity index (χ3v) is 7.56. The molecular formula is C25H20N4Na2O10S3. The van der Waals surface area contributed by atoms with Crippen LogP contribution < -0.4 is 78.6 Å². The zero-order valence-corrected chi connectivity index (χ0v) is 30.0. The summed E-state index contributed by atoms with van der Waals surface area (Å²) in [5, 5.41) is 35.7. The topological polar surface area (TPSA) is 211 Å². The Bertz CT molecular complexity index is 1790. The van der Waals surface area contributed by atoms with Crippen molar-refractivity contribution in [2.75, 3.05) is 10.0 Å². The summed E-state index contributed by atoms with van der Waals surface area (Å²) < 4.78 is 60.6. The second-order valence-electron chi connectivity index (χ2n) is 8.48. The molecule has 0 spiro atoms. The monoisotopic (exact) mass is 678 g/mol. The number of aryl methyl sites for hydroxylation is 1. The third-order valence-electron chi connectivity index (χ3n) is 5.40. The van der Waals surface area contributed by atoms with Crippen LogP contribution in [0.3, 0.4) is 0 Å². The van der Waals surface area contributed by atoms with Crippen LogP contribution in [0.15, 0.2) is 86.7 Å². The average molecular weight is 679 g/mol. The van der Waals surface area contributed by atoms with E-state index in [9.17, 15) is 32.3 Å². The fraction of sp³-hybridized carbons (Fsp3) is 0.0800. The van der Waals surface area contributed by atoms with Gasteiger partial charge >= 0.3 is 70.4 Å². The van der Waals surface area contributed by atoms with E-state index in [0.717, 1.165) is 17.7 Å². The number of azo groups is 1. The summed E-state index contributed by atoms with van der Waals surface area (Å²) in [5.74, 6) is -0.650. The Kier molecular flexibility index (Phi) is 14.7. The summed E-state index contributed by atoms with van der Waals surface area (Å²) in [5.41, 5.74) is 1.24. The first kappa shape index (κ1) is 38.1. The zero-order valence-electron chi connectivity index (χ0n) is 23.6. The standard InChI is InChI=1S/C25H22N4O10S3.2Na/c1-14-3-9-19(10-4-14)37-41(33)29-21-13-20(42(34,35)36)11-16-12-22(40-39-38-32)24(25(31)23(16)21)28-27-18-7-5-17(6-8-18)26-15(2)30;;/h3-13,29,31-32H,1-2H3,(H,26,30)(H,34,35,36);;/q;2*+1/p-2. The van der Waals surface area contributed by atoms with Gasteiger partial charge in [0.25, 0.3) is 0 Å². The van der Waals surface area contributed by atoms with Crippen LogP contribution in [0.4, 0.5) is 22.7 Å². The van der Waals surface area contributed by atoms with Crippen molar-refractivity contribution in [3.8, 4) is 11.5 Å². The van der Waals surface area contributed by atoms with Crippen molar-refractivity contribution in [1.29, 1.82) is 0 Å². The molecule has 0 bridgehead atoms. The van der Waals surface area contributed by atoms with Crippen molar-refractivity contribution in [2.24, 2.45) is 10.2 Å². The Balaban J connectivity index is 0.00000337. The van der Waals surface area contributed by atoms with Crippen LogP contribution >= 0.6 is 12.0 Å².